The predicted octanol–water partition coefficient (Wildman–Crippen LogP) is 2.16. The molecule has 7 heteroatoms. The standard InChI is InChI=1S/C16H21ClN4O2/c1-2-18-16(21-11-13(22)14-4-3-9-23-14)19-8-7-12-5-6-15(17)20-10-12/h3-6,9-10,13,22H,2,7-8,11H2,1H3,(H2,18,19,21). The molecule has 23 heavy (non-hydrogen) atoms. The van der Waals surface area contributed by atoms with E-state index < -0.39 is 6.10 Å². The molecule has 3 N–H and O–H groups in total. The third-order valence-electron chi connectivity index (χ3n) is 3.13. The first-order valence-electron chi connectivity index (χ1n) is 7.53. The van der Waals surface area contributed by atoms with Gasteiger partial charge in [0.15, 0.2) is 5.96 Å². The quantitative estimate of drug-likeness (QED) is 0.410. The normalized spacial score (nSPS) is 12.9. The van der Waals surface area contributed by atoms with Crippen LogP contribution < -0.4 is 10.6 Å². The van der Waals surface area contributed by atoms with Crippen molar-refractivity contribution in [1.82, 2.24) is 15.6 Å². The fraction of sp³-hybridized carbons (Fsp3) is 0.375. The van der Waals surface area contributed by atoms with Gasteiger partial charge in [0.05, 0.1) is 12.8 Å². The van der Waals surface area contributed by atoms with Crippen LogP contribution in [0.4, 0.5) is 0 Å². The zero-order valence-corrected chi connectivity index (χ0v) is 13.8. The maximum Gasteiger partial charge on any atom is 0.191 e. The van der Waals surface area contributed by atoms with Crippen molar-refractivity contribution in [3.63, 3.8) is 0 Å². The average Bonchev–Trinajstić information content (AvgIpc) is 3.08. The molecule has 2 aromatic rings. The van der Waals surface area contributed by atoms with E-state index in [4.69, 9.17) is 16.0 Å². The van der Waals surface area contributed by atoms with Gasteiger partial charge >= 0.3 is 0 Å². The summed E-state index contributed by atoms with van der Waals surface area (Å²) in [5.74, 6) is 1.16. The number of halogens is 1. The zero-order chi connectivity index (χ0) is 16.5. The number of aliphatic hydroxyl groups is 1. The third-order valence-corrected chi connectivity index (χ3v) is 3.36. The van der Waals surface area contributed by atoms with Gasteiger partial charge in [-0.15, -0.1) is 0 Å². The minimum Gasteiger partial charge on any atom is -0.467 e. The van der Waals surface area contributed by atoms with Gasteiger partial charge in [-0.2, -0.15) is 0 Å². The molecule has 6 nitrogen and oxygen atoms in total. The van der Waals surface area contributed by atoms with Crippen LogP contribution in [0, 0.1) is 0 Å². The highest BCUT2D eigenvalue weighted by molar-refractivity contribution is 6.29. The molecule has 1 atom stereocenters. The Balaban J connectivity index is 1.82. The molecule has 0 saturated carbocycles. The number of rotatable bonds is 7. The molecule has 0 spiro atoms. The number of nitrogens with zero attached hydrogens (tertiary/aromatic N) is 2. The first kappa shape index (κ1) is 17.3. The molecule has 0 amide bonds. The molecule has 2 heterocycles. The summed E-state index contributed by atoms with van der Waals surface area (Å²) >= 11 is 5.76. The lowest BCUT2D eigenvalue weighted by atomic mass is 10.2. The van der Waals surface area contributed by atoms with E-state index in [0.717, 1.165) is 18.5 Å². The van der Waals surface area contributed by atoms with Gasteiger partial charge < -0.3 is 20.2 Å². The molecule has 0 aliphatic rings. The van der Waals surface area contributed by atoms with Gasteiger partial charge in [0.2, 0.25) is 0 Å². The van der Waals surface area contributed by atoms with Crippen molar-refractivity contribution in [1.29, 1.82) is 0 Å². The molecule has 0 saturated heterocycles. The van der Waals surface area contributed by atoms with Crippen LogP contribution in [0.2, 0.25) is 5.15 Å². The van der Waals surface area contributed by atoms with E-state index >= 15 is 0 Å². The summed E-state index contributed by atoms with van der Waals surface area (Å²) < 4.78 is 5.16. The van der Waals surface area contributed by atoms with Crippen LogP contribution in [-0.2, 0) is 6.42 Å². The van der Waals surface area contributed by atoms with Gasteiger partial charge in [-0.1, -0.05) is 17.7 Å². The monoisotopic (exact) mass is 336 g/mol. The highest BCUT2D eigenvalue weighted by Crippen LogP contribution is 2.12. The Hall–Kier alpha value is -2.05. The Morgan fingerprint density at radius 1 is 1.39 bits per heavy atom. The highest BCUT2D eigenvalue weighted by atomic mass is 35.5. The molecule has 0 bridgehead atoms. The number of aliphatic hydroxyl groups excluding tert-OH is 1. The maximum atomic E-state index is 9.98. The largest absolute Gasteiger partial charge is 0.467 e. The second-order valence-electron chi connectivity index (χ2n) is 4.92. The Labute approximate surface area is 140 Å². The van der Waals surface area contributed by atoms with Gasteiger partial charge in [-0.3, -0.25) is 4.99 Å². The Kier molecular flexibility index (Phi) is 6.90. The van der Waals surface area contributed by atoms with E-state index in [1.54, 1.807) is 24.4 Å². The number of aromatic nitrogens is 1. The topological polar surface area (TPSA) is 82.7 Å². The van der Waals surface area contributed by atoms with Crippen molar-refractivity contribution in [2.75, 3.05) is 19.6 Å². The summed E-state index contributed by atoms with van der Waals surface area (Å²) in [5.41, 5.74) is 1.09. The smallest absolute Gasteiger partial charge is 0.191 e. The fourth-order valence-corrected chi connectivity index (χ4v) is 2.08. The van der Waals surface area contributed by atoms with Crippen molar-refractivity contribution in [2.45, 2.75) is 19.4 Å². The molecule has 2 aromatic heterocycles. The lowest BCUT2D eigenvalue weighted by Crippen LogP contribution is -2.38. The minimum atomic E-state index is -0.749. The molecule has 2 rings (SSSR count). The van der Waals surface area contributed by atoms with Gasteiger partial charge in [-0.05, 0) is 37.1 Å². The van der Waals surface area contributed by atoms with E-state index in [1.807, 2.05) is 13.0 Å². The van der Waals surface area contributed by atoms with Crippen LogP contribution in [0.15, 0.2) is 46.1 Å². The lowest BCUT2D eigenvalue weighted by Gasteiger charge is -2.12. The summed E-state index contributed by atoms with van der Waals surface area (Å²) in [6.07, 6.45) is 3.34. The Morgan fingerprint density at radius 3 is 2.91 bits per heavy atom. The van der Waals surface area contributed by atoms with Crippen LogP contribution >= 0.6 is 11.6 Å². The number of hydrogen-bond donors (Lipinski definition) is 3. The summed E-state index contributed by atoms with van der Waals surface area (Å²) in [6, 6.07) is 7.19. The van der Waals surface area contributed by atoms with E-state index in [0.29, 0.717) is 23.4 Å². The van der Waals surface area contributed by atoms with Crippen LogP contribution in [-0.4, -0.2) is 35.7 Å². The second-order valence-corrected chi connectivity index (χ2v) is 5.30. The molecule has 0 aromatic carbocycles. The molecular formula is C16H21ClN4O2. The van der Waals surface area contributed by atoms with E-state index in [2.05, 4.69) is 20.6 Å². The lowest BCUT2D eigenvalue weighted by molar-refractivity contribution is 0.158. The van der Waals surface area contributed by atoms with E-state index in [-0.39, 0.29) is 6.54 Å². The predicted molar refractivity (Wildman–Crippen MR) is 90.6 cm³/mol. The number of furan rings is 1. The van der Waals surface area contributed by atoms with Crippen molar-refractivity contribution < 1.29 is 9.52 Å². The molecule has 0 fully saturated rings. The average molecular weight is 337 g/mol. The maximum absolute atomic E-state index is 9.98. The summed E-state index contributed by atoms with van der Waals surface area (Å²) in [7, 11) is 0. The first-order chi connectivity index (χ1) is 11.2. The Morgan fingerprint density at radius 2 is 2.26 bits per heavy atom. The van der Waals surface area contributed by atoms with Crippen molar-refractivity contribution in [2.24, 2.45) is 4.99 Å². The van der Waals surface area contributed by atoms with Crippen molar-refractivity contribution in [3.05, 3.63) is 53.2 Å². The molecule has 1 unspecified atom stereocenters. The number of pyridine rings is 1. The SMILES string of the molecule is CCNC(=NCC(O)c1ccco1)NCCc1ccc(Cl)nc1. The van der Waals surface area contributed by atoms with Gasteiger partial charge in [-0.25, -0.2) is 4.98 Å². The van der Waals surface area contributed by atoms with Crippen LogP contribution in [0.3, 0.4) is 0 Å². The van der Waals surface area contributed by atoms with Crippen LogP contribution in [0.5, 0.6) is 0 Å². The van der Waals surface area contributed by atoms with Crippen molar-refractivity contribution >= 4 is 17.6 Å². The Bertz CT molecular complexity index is 599. The first-order valence-corrected chi connectivity index (χ1v) is 7.91. The minimum absolute atomic E-state index is 0.228. The third kappa shape index (κ3) is 5.92. The fourth-order valence-electron chi connectivity index (χ4n) is 1.97. The van der Waals surface area contributed by atoms with Crippen molar-refractivity contribution in [3.8, 4) is 0 Å². The molecule has 0 aliphatic carbocycles. The molecule has 0 radical (unpaired) electrons. The number of aliphatic imine (C=N–C) groups is 1. The van der Waals surface area contributed by atoms with Gasteiger partial charge in [0.1, 0.15) is 17.0 Å². The number of hydrogen-bond acceptors (Lipinski definition) is 4. The summed E-state index contributed by atoms with van der Waals surface area (Å²) in [5, 5.41) is 16.8. The van der Waals surface area contributed by atoms with E-state index in [1.165, 1.54) is 6.26 Å². The number of nitrogens with one attached hydrogen (secondary N) is 2. The van der Waals surface area contributed by atoms with Crippen LogP contribution in [0.25, 0.3) is 0 Å². The highest BCUT2D eigenvalue weighted by Gasteiger charge is 2.09. The number of guanidine groups is 1. The summed E-state index contributed by atoms with van der Waals surface area (Å²) in [4.78, 5) is 8.41. The van der Waals surface area contributed by atoms with Gasteiger partial charge in [0.25, 0.3) is 0 Å². The van der Waals surface area contributed by atoms with Crippen LogP contribution in [0.1, 0.15) is 24.4 Å². The molecule has 124 valence electrons. The van der Waals surface area contributed by atoms with E-state index in [9.17, 15) is 5.11 Å². The second kappa shape index (κ2) is 9.17. The van der Waals surface area contributed by atoms with Gasteiger partial charge in [0, 0.05) is 19.3 Å². The molecular weight excluding hydrogens is 316 g/mol. The molecule has 0 aliphatic heterocycles. The summed E-state index contributed by atoms with van der Waals surface area (Å²) in [6.45, 7) is 3.66. The zero-order valence-electron chi connectivity index (χ0n) is 13.0.